The van der Waals surface area contributed by atoms with E-state index < -0.39 is 0 Å². The number of pyridine rings is 1. The number of thioether (sulfide) groups is 1. The van der Waals surface area contributed by atoms with Gasteiger partial charge < -0.3 is 10.1 Å². The van der Waals surface area contributed by atoms with Crippen molar-refractivity contribution in [2.24, 2.45) is 0 Å². The first-order valence-electron chi connectivity index (χ1n) is 8.50. The number of aromatic nitrogens is 1. The highest BCUT2D eigenvalue weighted by atomic mass is 32.2. The van der Waals surface area contributed by atoms with E-state index in [9.17, 15) is 4.79 Å². The van der Waals surface area contributed by atoms with E-state index in [1.165, 1.54) is 0 Å². The Hall–Kier alpha value is -2.53. The van der Waals surface area contributed by atoms with Crippen molar-refractivity contribution in [2.75, 3.05) is 7.11 Å². The van der Waals surface area contributed by atoms with E-state index in [1.807, 2.05) is 68.4 Å². The van der Waals surface area contributed by atoms with E-state index in [0.717, 1.165) is 32.8 Å². The van der Waals surface area contributed by atoms with Gasteiger partial charge in [0.25, 0.3) is 0 Å². The molecule has 3 rings (SSSR count). The molecule has 1 heterocycles. The molecule has 1 amide bonds. The van der Waals surface area contributed by atoms with Gasteiger partial charge in [0.15, 0.2) is 0 Å². The van der Waals surface area contributed by atoms with Crippen LogP contribution < -0.4 is 10.1 Å². The maximum absolute atomic E-state index is 12.5. The van der Waals surface area contributed by atoms with Crippen molar-refractivity contribution in [3.05, 3.63) is 65.9 Å². The molecule has 0 spiro atoms. The largest absolute Gasteiger partial charge is 0.497 e. The molecule has 1 atom stereocenters. The first-order valence-corrected chi connectivity index (χ1v) is 9.38. The van der Waals surface area contributed by atoms with Gasteiger partial charge in [-0.05, 0) is 43.7 Å². The Labute approximate surface area is 158 Å². The zero-order chi connectivity index (χ0) is 18.5. The summed E-state index contributed by atoms with van der Waals surface area (Å²) in [5, 5.41) is 3.79. The van der Waals surface area contributed by atoms with Gasteiger partial charge in [-0.1, -0.05) is 30.3 Å². The Morgan fingerprint density at radius 2 is 1.96 bits per heavy atom. The molecule has 0 bridgehead atoms. The molecule has 0 radical (unpaired) electrons. The van der Waals surface area contributed by atoms with Crippen LogP contribution in [0.25, 0.3) is 10.9 Å². The molecular formula is C21H22N2O2S. The number of fused-ring (bicyclic) bond motifs is 1. The Morgan fingerprint density at radius 1 is 1.19 bits per heavy atom. The number of nitrogens with one attached hydrogen (secondary N) is 1. The Bertz CT molecular complexity index is 913. The van der Waals surface area contributed by atoms with Crippen LogP contribution in [0, 0.1) is 6.92 Å². The highest BCUT2D eigenvalue weighted by Gasteiger charge is 2.16. The van der Waals surface area contributed by atoms with E-state index in [0.29, 0.717) is 6.54 Å². The minimum absolute atomic E-state index is 0.0179. The average molecular weight is 366 g/mol. The lowest BCUT2D eigenvalue weighted by Gasteiger charge is -2.14. The molecule has 2 aromatic carbocycles. The Morgan fingerprint density at radius 3 is 2.69 bits per heavy atom. The zero-order valence-electron chi connectivity index (χ0n) is 15.2. The third kappa shape index (κ3) is 4.35. The van der Waals surface area contributed by atoms with Crippen LogP contribution in [0.3, 0.4) is 0 Å². The number of carbonyl (C=O) groups is 1. The topological polar surface area (TPSA) is 51.2 Å². The fraction of sp³-hybridized carbons (Fsp3) is 0.238. The Balaban J connectivity index is 1.75. The van der Waals surface area contributed by atoms with Gasteiger partial charge in [0.05, 0.1) is 17.9 Å². The van der Waals surface area contributed by atoms with Crippen molar-refractivity contribution in [1.29, 1.82) is 0 Å². The molecule has 134 valence electrons. The second kappa shape index (κ2) is 8.23. The van der Waals surface area contributed by atoms with Gasteiger partial charge in [-0.25, -0.2) is 0 Å². The van der Waals surface area contributed by atoms with Crippen LogP contribution >= 0.6 is 11.8 Å². The van der Waals surface area contributed by atoms with Crippen LogP contribution in [-0.4, -0.2) is 23.3 Å². The van der Waals surface area contributed by atoms with Gasteiger partial charge >= 0.3 is 0 Å². The lowest BCUT2D eigenvalue weighted by Crippen LogP contribution is -2.30. The summed E-state index contributed by atoms with van der Waals surface area (Å²) < 4.78 is 5.33. The molecule has 0 saturated heterocycles. The first-order chi connectivity index (χ1) is 12.6. The zero-order valence-corrected chi connectivity index (χ0v) is 16.0. The number of amides is 1. The van der Waals surface area contributed by atoms with Gasteiger partial charge in [-0.15, -0.1) is 11.8 Å². The molecule has 0 fully saturated rings. The van der Waals surface area contributed by atoms with Gasteiger partial charge in [-0.3, -0.25) is 9.78 Å². The number of rotatable bonds is 6. The quantitative estimate of drug-likeness (QED) is 0.659. The number of carbonyl (C=O) groups excluding carboxylic acids is 1. The summed E-state index contributed by atoms with van der Waals surface area (Å²) in [7, 11) is 1.65. The highest BCUT2D eigenvalue weighted by molar-refractivity contribution is 8.00. The second-order valence-electron chi connectivity index (χ2n) is 6.11. The highest BCUT2D eigenvalue weighted by Crippen LogP contribution is 2.33. The standard InChI is InChI=1S/C21H22N2O2S/c1-14-11-20(18-12-17(25-3)9-10-19(18)23-14)26-15(2)21(24)22-13-16-7-5-4-6-8-16/h4-12,15H,13H2,1-3H3,(H,22,24)/t15-/m0/s1. The molecule has 5 heteroatoms. The molecule has 0 unspecified atom stereocenters. The molecular weight excluding hydrogens is 344 g/mol. The molecule has 4 nitrogen and oxygen atoms in total. The van der Waals surface area contributed by atoms with E-state index in [-0.39, 0.29) is 11.2 Å². The first kappa shape index (κ1) is 18.3. The number of benzene rings is 2. The molecule has 0 saturated carbocycles. The van der Waals surface area contributed by atoms with Gasteiger partial charge in [0.1, 0.15) is 5.75 Å². The normalized spacial score (nSPS) is 12.0. The summed E-state index contributed by atoms with van der Waals surface area (Å²) in [6, 6.07) is 17.8. The summed E-state index contributed by atoms with van der Waals surface area (Å²) in [4.78, 5) is 18.1. The fourth-order valence-electron chi connectivity index (χ4n) is 2.70. The van der Waals surface area contributed by atoms with E-state index in [1.54, 1.807) is 18.9 Å². The van der Waals surface area contributed by atoms with E-state index >= 15 is 0 Å². The molecule has 26 heavy (non-hydrogen) atoms. The van der Waals surface area contributed by atoms with Crippen LogP contribution in [0.5, 0.6) is 5.75 Å². The Kier molecular flexibility index (Phi) is 5.78. The van der Waals surface area contributed by atoms with Crippen LogP contribution in [0.2, 0.25) is 0 Å². The summed E-state index contributed by atoms with van der Waals surface area (Å²) in [6.07, 6.45) is 0. The molecule has 0 aliphatic rings. The fourth-order valence-corrected chi connectivity index (χ4v) is 3.80. The molecule has 1 aromatic heterocycles. The van der Waals surface area contributed by atoms with Crippen LogP contribution in [0.15, 0.2) is 59.5 Å². The minimum Gasteiger partial charge on any atom is -0.497 e. The van der Waals surface area contributed by atoms with Crippen molar-refractivity contribution >= 4 is 28.6 Å². The summed E-state index contributed by atoms with van der Waals surface area (Å²) in [5.41, 5.74) is 2.93. The average Bonchev–Trinajstić information content (AvgIpc) is 2.66. The summed E-state index contributed by atoms with van der Waals surface area (Å²) >= 11 is 1.54. The number of hydrogen-bond donors (Lipinski definition) is 1. The monoisotopic (exact) mass is 366 g/mol. The predicted octanol–water partition coefficient (Wildman–Crippen LogP) is 4.35. The maximum Gasteiger partial charge on any atom is 0.233 e. The van der Waals surface area contributed by atoms with Crippen molar-refractivity contribution in [3.8, 4) is 5.75 Å². The van der Waals surface area contributed by atoms with E-state index in [2.05, 4.69) is 10.3 Å². The van der Waals surface area contributed by atoms with Crippen LogP contribution in [0.4, 0.5) is 0 Å². The van der Waals surface area contributed by atoms with Crippen molar-refractivity contribution < 1.29 is 9.53 Å². The lowest BCUT2D eigenvalue weighted by atomic mass is 10.2. The van der Waals surface area contributed by atoms with Gasteiger partial charge in [0.2, 0.25) is 5.91 Å². The van der Waals surface area contributed by atoms with Crippen molar-refractivity contribution in [3.63, 3.8) is 0 Å². The van der Waals surface area contributed by atoms with Crippen molar-refractivity contribution in [2.45, 2.75) is 30.5 Å². The van der Waals surface area contributed by atoms with Crippen LogP contribution in [-0.2, 0) is 11.3 Å². The van der Waals surface area contributed by atoms with Gasteiger partial charge in [-0.2, -0.15) is 0 Å². The lowest BCUT2D eigenvalue weighted by molar-refractivity contribution is -0.120. The maximum atomic E-state index is 12.5. The number of hydrogen-bond acceptors (Lipinski definition) is 4. The second-order valence-corrected chi connectivity index (χ2v) is 7.49. The number of aryl methyl sites for hydroxylation is 1. The SMILES string of the molecule is COc1ccc2nc(C)cc(S[C@@H](C)C(=O)NCc3ccccc3)c2c1. The smallest absolute Gasteiger partial charge is 0.233 e. The summed E-state index contributed by atoms with van der Waals surface area (Å²) in [6.45, 7) is 4.43. The third-order valence-corrected chi connectivity index (χ3v) is 5.25. The molecule has 0 aliphatic carbocycles. The van der Waals surface area contributed by atoms with Crippen molar-refractivity contribution in [1.82, 2.24) is 10.3 Å². The van der Waals surface area contributed by atoms with E-state index in [4.69, 9.17) is 4.74 Å². The third-order valence-electron chi connectivity index (χ3n) is 4.09. The predicted molar refractivity (Wildman–Crippen MR) is 107 cm³/mol. The number of ether oxygens (including phenoxy) is 1. The van der Waals surface area contributed by atoms with Crippen LogP contribution in [0.1, 0.15) is 18.2 Å². The molecule has 1 N–H and O–H groups in total. The molecule has 3 aromatic rings. The van der Waals surface area contributed by atoms with Gasteiger partial charge in [0, 0.05) is 22.5 Å². The molecule has 0 aliphatic heterocycles. The number of nitrogens with zero attached hydrogens (tertiary/aromatic N) is 1. The minimum atomic E-state index is -0.213. The summed E-state index contributed by atoms with van der Waals surface area (Å²) in [5.74, 6) is 0.801. The number of methoxy groups -OCH3 is 1.